The van der Waals surface area contributed by atoms with Gasteiger partial charge in [-0.1, -0.05) is 0 Å². The van der Waals surface area contributed by atoms with E-state index in [1.165, 1.54) is 4.90 Å². The van der Waals surface area contributed by atoms with Gasteiger partial charge in [0, 0.05) is 18.4 Å². The number of aromatic nitrogens is 5. The van der Waals surface area contributed by atoms with Crippen LogP contribution in [-0.4, -0.2) is 55.5 Å². The Labute approximate surface area is 171 Å². The summed E-state index contributed by atoms with van der Waals surface area (Å²) in [6.07, 6.45) is 3.35. The number of nitrogen functional groups attached to an aromatic ring is 1. The Morgan fingerprint density at radius 3 is 2.70 bits per heavy atom. The van der Waals surface area contributed by atoms with Gasteiger partial charge >= 0.3 is 6.03 Å². The van der Waals surface area contributed by atoms with Crippen molar-refractivity contribution in [3.05, 3.63) is 42.7 Å². The van der Waals surface area contributed by atoms with Crippen LogP contribution in [0.2, 0.25) is 0 Å². The Bertz CT molecular complexity index is 1170. The van der Waals surface area contributed by atoms with E-state index in [4.69, 9.17) is 20.8 Å². The fraction of sp³-hybridized carbons (Fsp3) is 0.211. The summed E-state index contributed by atoms with van der Waals surface area (Å²) in [5.41, 5.74) is 13.9. The molecule has 0 saturated carbocycles. The number of amides is 2. The van der Waals surface area contributed by atoms with Crippen LogP contribution in [0.3, 0.4) is 0 Å². The molecule has 0 spiro atoms. The van der Waals surface area contributed by atoms with Gasteiger partial charge in [-0.2, -0.15) is 0 Å². The zero-order valence-corrected chi connectivity index (χ0v) is 16.2. The molecule has 0 radical (unpaired) electrons. The lowest BCUT2D eigenvalue weighted by molar-refractivity contribution is 0.194. The molecule has 0 saturated heterocycles. The number of rotatable bonds is 7. The quantitative estimate of drug-likeness (QED) is 0.470. The molecule has 0 aliphatic carbocycles. The van der Waals surface area contributed by atoms with E-state index in [1.54, 1.807) is 12.4 Å². The molecule has 1 aromatic carbocycles. The molecule has 154 valence electrons. The van der Waals surface area contributed by atoms with E-state index in [1.807, 2.05) is 41.8 Å². The van der Waals surface area contributed by atoms with E-state index < -0.39 is 6.03 Å². The number of nitrogens with two attached hydrogens (primary N) is 2. The first-order chi connectivity index (χ1) is 14.6. The Morgan fingerprint density at radius 2 is 2.03 bits per heavy atom. The number of hydrogen-bond acceptors (Lipinski definition) is 8. The van der Waals surface area contributed by atoms with Crippen LogP contribution in [0.15, 0.2) is 47.4 Å². The van der Waals surface area contributed by atoms with Crippen LogP contribution in [0.4, 0.5) is 10.6 Å². The van der Waals surface area contributed by atoms with Gasteiger partial charge < -0.3 is 21.1 Å². The molecule has 11 heteroatoms. The van der Waals surface area contributed by atoms with Gasteiger partial charge in [0.25, 0.3) is 0 Å². The number of likely N-dealkylation sites (N-methyl/N-ethyl adjacent to an activating group) is 1. The summed E-state index contributed by atoms with van der Waals surface area (Å²) in [6, 6.07) is 8.81. The highest BCUT2D eigenvalue weighted by Gasteiger charge is 2.20. The summed E-state index contributed by atoms with van der Waals surface area (Å²) in [4.78, 5) is 21.5. The number of carbonyl (C=O) groups excluding carboxylic acids is 1. The Morgan fingerprint density at radius 1 is 1.23 bits per heavy atom. The van der Waals surface area contributed by atoms with Crippen LogP contribution in [0.25, 0.3) is 28.2 Å². The van der Waals surface area contributed by atoms with Crippen molar-refractivity contribution in [1.29, 1.82) is 0 Å². The van der Waals surface area contributed by atoms with Gasteiger partial charge in [-0.25, -0.2) is 14.4 Å². The van der Waals surface area contributed by atoms with Crippen molar-refractivity contribution in [2.45, 2.75) is 6.92 Å². The number of carbonyl (C=O) groups is 1. The van der Waals surface area contributed by atoms with Gasteiger partial charge in [-0.05, 0) is 47.6 Å². The third-order valence-corrected chi connectivity index (χ3v) is 4.60. The molecule has 3 aromatic heterocycles. The van der Waals surface area contributed by atoms with Crippen molar-refractivity contribution in [3.63, 3.8) is 0 Å². The summed E-state index contributed by atoms with van der Waals surface area (Å²) in [5, 5.41) is 7.53. The lowest BCUT2D eigenvalue weighted by atomic mass is 10.2. The number of fused-ring (bicyclic) bond motifs is 1. The van der Waals surface area contributed by atoms with E-state index in [9.17, 15) is 4.79 Å². The number of ether oxygens (including phenoxy) is 1. The monoisotopic (exact) mass is 408 g/mol. The fourth-order valence-corrected chi connectivity index (χ4v) is 3.09. The SMILES string of the molecule is CCN(CCOc1ccc(-n2c(-c3nonc3N)nc3cnccc32)cc1)C(N)=O. The summed E-state index contributed by atoms with van der Waals surface area (Å²) >= 11 is 0. The number of benzene rings is 1. The second-order valence-corrected chi connectivity index (χ2v) is 6.39. The maximum absolute atomic E-state index is 11.3. The molecule has 0 atom stereocenters. The molecule has 0 aliphatic heterocycles. The minimum Gasteiger partial charge on any atom is -0.492 e. The maximum atomic E-state index is 11.3. The summed E-state index contributed by atoms with van der Waals surface area (Å²) in [5.74, 6) is 1.30. The predicted molar refractivity (Wildman–Crippen MR) is 109 cm³/mol. The first-order valence-electron chi connectivity index (χ1n) is 9.27. The number of nitrogens with zero attached hydrogens (tertiary/aromatic N) is 6. The van der Waals surface area contributed by atoms with Crippen LogP contribution in [0.1, 0.15) is 6.92 Å². The van der Waals surface area contributed by atoms with Crippen molar-refractivity contribution in [2.24, 2.45) is 5.73 Å². The van der Waals surface area contributed by atoms with Crippen LogP contribution in [0.5, 0.6) is 5.75 Å². The Balaban J connectivity index is 1.62. The number of hydrogen-bond donors (Lipinski definition) is 2. The molecule has 0 aliphatic rings. The van der Waals surface area contributed by atoms with Crippen LogP contribution < -0.4 is 16.2 Å². The topological polar surface area (TPSA) is 151 Å². The first kappa shape index (κ1) is 19.2. The van der Waals surface area contributed by atoms with Crippen LogP contribution in [0, 0.1) is 0 Å². The van der Waals surface area contributed by atoms with Crippen molar-refractivity contribution < 1.29 is 14.2 Å². The lowest BCUT2D eigenvalue weighted by Crippen LogP contribution is -2.38. The molecule has 0 bridgehead atoms. The maximum Gasteiger partial charge on any atom is 0.314 e. The number of urea groups is 1. The van der Waals surface area contributed by atoms with Crippen molar-refractivity contribution >= 4 is 22.9 Å². The molecule has 0 fully saturated rings. The van der Waals surface area contributed by atoms with E-state index in [0.29, 0.717) is 42.5 Å². The smallest absolute Gasteiger partial charge is 0.314 e. The highest BCUT2D eigenvalue weighted by Crippen LogP contribution is 2.30. The summed E-state index contributed by atoms with van der Waals surface area (Å²) in [6.45, 7) is 3.14. The fourth-order valence-electron chi connectivity index (χ4n) is 3.09. The zero-order valence-electron chi connectivity index (χ0n) is 16.2. The molecule has 30 heavy (non-hydrogen) atoms. The van der Waals surface area contributed by atoms with Crippen molar-refractivity contribution in [3.8, 4) is 23.0 Å². The standard InChI is InChI=1S/C19H20N8O3/c1-2-26(19(21)28)9-10-29-13-5-3-12(4-6-13)27-15-7-8-22-11-14(15)23-18(27)16-17(20)25-30-24-16/h3-8,11H,2,9-10H2,1H3,(H2,20,25)(H2,21,28). The number of anilines is 1. The lowest BCUT2D eigenvalue weighted by Gasteiger charge is -2.18. The number of pyridine rings is 1. The molecule has 4 N–H and O–H groups in total. The minimum absolute atomic E-state index is 0.148. The largest absolute Gasteiger partial charge is 0.492 e. The van der Waals surface area contributed by atoms with E-state index in [2.05, 4.69) is 20.3 Å². The third kappa shape index (κ3) is 3.60. The highest BCUT2D eigenvalue weighted by atomic mass is 16.6. The molecule has 4 aromatic rings. The van der Waals surface area contributed by atoms with E-state index >= 15 is 0 Å². The van der Waals surface area contributed by atoms with Gasteiger partial charge in [-0.15, -0.1) is 0 Å². The van der Waals surface area contributed by atoms with Gasteiger partial charge in [0.1, 0.15) is 17.9 Å². The molecule has 3 heterocycles. The van der Waals surface area contributed by atoms with Crippen molar-refractivity contribution in [1.82, 2.24) is 29.7 Å². The molecule has 2 amide bonds. The molecule has 4 rings (SSSR count). The zero-order chi connectivity index (χ0) is 21.1. The summed E-state index contributed by atoms with van der Waals surface area (Å²) in [7, 11) is 0. The molecule has 0 unspecified atom stereocenters. The molecular formula is C19H20N8O3. The highest BCUT2D eigenvalue weighted by molar-refractivity contribution is 5.83. The normalized spacial score (nSPS) is 11.0. The van der Waals surface area contributed by atoms with Crippen LogP contribution in [-0.2, 0) is 0 Å². The number of imidazole rings is 1. The average Bonchev–Trinajstić information content (AvgIpc) is 3.34. The van der Waals surface area contributed by atoms with Crippen LogP contribution >= 0.6 is 0 Å². The third-order valence-electron chi connectivity index (χ3n) is 4.60. The van der Waals surface area contributed by atoms with Gasteiger partial charge in [0.15, 0.2) is 17.3 Å². The second kappa shape index (κ2) is 8.07. The van der Waals surface area contributed by atoms with E-state index in [-0.39, 0.29) is 5.82 Å². The van der Waals surface area contributed by atoms with Gasteiger partial charge in [-0.3, -0.25) is 9.55 Å². The number of primary amides is 1. The second-order valence-electron chi connectivity index (χ2n) is 6.39. The average molecular weight is 408 g/mol. The predicted octanol–water partition coefficient (Wildman–Crippen LogP) is 1.83. The molecular weight excluding hydrogens is 388 g/mol. The van der Waals surface area contributed by atoms with Crippen molar-refractivity contribution in [2.75, 3.05) is 25.4 Å². The molecule has 11 nitrogen and oxygen atoms in total. The van der Waals surface area contributed by atoms with Gasteiger partial charge in [0.05, 0.1) is 18.3 Å². The Kier molecular flexibility index (Phi) is 5.16. The van der Waals surface area contributed by atoms with Gasteiger partial charge in [0.2, 0.25) is 0 Å². The minimum atomic E-state index is -0.466. The first-order valence-corrected chi connectivity index (χ1v) is 9.27. The van der Waals surface area contributed by atoms with E-state index in [0.717, 1.165) is 11.2 Å². The summed E-state index contributed by atoms with van der Waals surface area (Å²) < 4.78 is 12.4. The Hall–Kier alpha value is -4.15.